The predicted molar refractivity (Wildman–Crippen MR) is 124 cm³/mol. The molecule has 0 unspecified atom stereocenters. The van der Waals surface area contributed by atoms with Gasteiger partial charge in [-0.1, -0.05) is 32.0 Å². The van der Waals surface area contributed by atoms with Gasteiger partial charge in [0.15, 0.2) is 0 Å². The number of fused-ring (bicyclic) bond motifs is 1. The Morgan fingerprint density at radius 3 is 2.32 bits per heavy atom. The van der Waals surface area contributed by atoms with Gasteiger partial charge in [-0.25, -0.2) is 0 Å². The fraction of sp³-hybridized carbons (Fsp3) is 0.458. The van der Waals surface area contributed by atoms with Crippen LogP contribution in [0.4, 0.5) is 0 Å². The van der Waals surface area contributed by atoms with Gasteiger partial charge in [-0.05, 0) is 41.3 Å². The largest absolute Gasteiger partial charge is 0.508 e. The van der Waals surface area contributed by atoms with Crippen LogP contribution in [0.3, 0.4) is 0 Å². The molecule has 2 heterocycles. The average molecular weight is 446 g/mol. The maximum atomic E-state index is 13.1. The minimum Gasteiger partial charge on any atom is -0.508 e. The van der Waals surface area contributed by atoms with Gasteiger partial charge in [-0.2, -0.15) is 0 Å². The molecule has 4 rings (SSSR count). The quantitative estimate of drug-likeness (QED) is 0.753. The number of hydrogen-bond donors (Lipinski definition) is 2. The number of carbonyl (C=O) groups is 1. The summed E-state index contributed by atoms with van der Waals surface area (Å²) in [7, 11) is 2.16. The Labute approximate surface area is 190 Å². The number of phenolic OH excluding ortho intramolecular Hbond substituents is 2. The molecule has 0 spiro atoms. The van der Waals surface area contributed by atoms with Gasteiger partial charge in [0.2, 0.25) is 0 Å². The standard InChI is InChI=1S/C24H31N3O3.ClH/c1-16(2)20-11-21(23(29)12-22(20)28)24(30)27-14-18-5-4-17(10-19(18)15-27)13-26-8-6-25(3)7-9-26;/h4-5,10-12,16,28-29H,6-9,13-15H2,1-3H3;1H. The first-order valence-electron chi connectivity index (χ1n) is 10.7. The van der Waals surface area contributed by atoms with Crippen molar-refractivity contribution in [2.45, 2.75) is 39.4 Å². The van der Waals surface area contributed by atoms with Crippen LogP contribution in [0.15, 0.2) is 30.3 Å². The predicted octanol–water partition coefficient (Wildman–Crippen LogP) is 3.55. The second-order valence-electron chi connectivity index (χ2n) is 8.93. The van der Waals surface area contributed by atoms with Crippen molar-refractivity contribution in [2.24, 2.45) is 0 Å². The van der Waals surface area contributed by atoms with Crippen LogP contribution in [0, 0.1) is 0 Å². The van der Waals surface area contributed by atoms with Gasteiger partial charge in [0.25, 0.3) is 5.91 Å². The van der Waals surface area contributed by atoms with Crippen LogP contribution in [0.5, 0.6) is 11.5 Å². The molecule has 1 saturated heterocycles. The molecule has 2 N–H and O–H groups in total. The fourth-order valence-electron chi connectivity index (χ4n) is 4.35. The summed E-state index contributed by atoms with van der Waals surface area (Å²) in [5.41, 5.74) is 4.54. The van der Waals surface area contributed by atoms with E-state index in [-0.39, 0.29) is 41.3 Å². The first-order valence-corrected chi connectivity index (χ1v) is 10.7. The average Bonchev–Trinajstić information content (AvgIpc) is 3.12. The van der Waals surface area contributed by atoms with Gasteiger partial charge in [-0.15, -0.1) is 12.4 Å². The molecule has 0 aliphatic carbocycles. The van der Waals surface area contributed by atoms with Gasteiger partial charge in [-0.3, -0.25) is 9.69 Å². The van der Waals surface area contributed by atoms with E-state index in [2.05, 4.69) is 35.0 Å². The molecular formula is C24H32ClN3O3. The number of halogens is 1. The Balaban J connectivity index is 0.00000272. The van der Waals surface area contributed by atoms with Crippen molar-refractivity contribution >= 4 is 18.3 Å². The molecule has 0 saturated carbocycles. The number of piperazine rings is 1. The van der Waals surface area contributed by atoms with E-state index < -0.39 is 0 Å². The highest BCUT2D eigenvalue weighted by atomic mass is 35.5. The molecule has 2 aromatic carbocycles. The summed E-state index contributed by atoms with van der Waals surface area (Å²) in [4.78, 5) is 19.7. The number of hydrogen-bond acceptors (Lipinski definition) is 5. The summed E-state index contributed by atoms with van der Waals surface area (Å²) in [5.74, 6) is -0.290. The number of rotatable bonds is 4. The van der Waals surface area contributed by atoms with E-state index >= 15 is 0 Å². The molecule has 6 nitrogen and oxygen atoms in total. The van der Waals surface area contributed by atoms with E-state index in [1.807, 2.05) is 13.8 Å². The van der Waals surface area contributed by atoms with Crippen LogP contribution < -0.4 is 0 Å². The van der Waals surface area contributed by atoms with Crippen LogP contribution in [0.25, 0.3) is 0 Å². The Morgan fingerprint density at radius 1 is 0.968 bits per heavy atom. The van der Waals surface area contributed by atoms with Crippen LogP contribution in [-0.4, -0.2) is 64.0 Å². The van der Waals surface area contributed by atoms with E-state index in [0.717, 1.165) is 38.3 Å². The van der Waals surface area contributed by atoms with E-state index in [9.17, 15) is 15.0 Å². The lowest BCUT2D eigenvalue weighted by atomic mass is 9.98. The number of benzene rings is 2. The van der Waals surface area contributed by atoms with Crippen molar-refractivity contribution in [2.75, 3.05) is 33.2 Å². The molecule has 2 aliphatic heterocycles. The third-order valence-corrected chi connectivity index (χ3v) is 6.28. The zero-order valence-corrected chi connectivity index (χ0v) is 19.3. The fourth-order valence-corrected chi connectivity index (χ4v) is 4.35. The monoisotopic (exact) mass is 445 g/mol. The molecule has 1 fully saturated rings. The number of likely N-dealkylation sites (N-methyl/N-ethyl adjacent to an activating group) is 1. The number of carbonyl (C=O) groups excluding carboxylic acids is 1. The van der Waals surface area contributed by atoms with Gasteiger partial charge in [0.05, 0.1) is 5.56 Å². The second-order valence-corrected chi connectivity index (χ2v) is 8.93. The lowest BCUT2D eigenvalue weighted by Gasteiger charge is -2.32. The van der Waals surface area contributed by atoms with E-state index in [1.165, 1.54) is 17.2 Å². The van der Waals surface area contributed by atoms with Crippen molar-refractivity contribution in [3.8, 4) is 11.5 Å². The van der Waals surface area contributed by atoms with Crippen molar-refractivity contribution < 1.29 is 15.0 Å². The SMILES string of the molecule is CC(C)c1cc(C(=O)N2Cc3ccc(CN4CCN(C)CC4)cc3C2)c(O)cc1O.Cl. The van der Waals surface area contributed by atoms with Crippen LogP contribution in [0.2, 0.25) is 0 Å². The van der Waals surface area contributed by atoms with E-state index in [4.69, 9.17) is 0 Å². The minimum absolute atomic E-state index is 0. The molecule has 0 bridgehead atoms. The zero-order valence-electron chi connectivity index (χ0n) is 18.5. The third kappa shape index (κ3) is 4.97. The highest BCUT2D eigenvalue weighted by molar-refractivity contribution is 5.97. The molecule has 1 amide bonds. The van der Waals surface area contributed by atoms with Crippen molar-refractivity contribution in [3.63, 3.8) is 0 Å². The first kappa shape index (κ1) is 23.4. The summed E-state index contributed by atoms with van der Waals surface area (Å²) < 4.78 is 0. The lowest BCUT2D eigenvalue weighted by molar-refractivity contribution is 0.0748. The first-order chi connectivity index (χ1) is 14.3. The molecule has 2 aliphatic rings. The topological polar surface area (TPSA) is 67.3 Å². The molecule has 0 atom stereocenters. The molecule has 0 radical (unpaired) electrons. The number of phenols is 2. The van der Waals surface area contributed by atoms with Gasteiger partial charge in [0, 0.05) is 51.9 Å². The van der Waals surface area contributed by atoms with E-state index in [1.54, 1.807) is 11.0 Å². The maximum absolute atomic E-state index is 13.1. The Kier molecular flexibility index (Phi) is 7.14. The third-order valence-electron chi connectivity index (χ3n) is 6.28. The van der Waals surface area contributed by atoms with Crippen LogP contribution >= 0.6 is 12.4 Å². The molecule has 31 heavy (non-hydrogen) atoms. The lowest BCUT2D eigenvalue weighted by Crippen LogP contribution is -2.43. The van der Waals surface area contributed by atoms with Gasteiger partial charge in [0.1, 0.15) is 11.5 Å². The zero-order chi connectivity index (χ0) is 21.4. The molecule has 2 aromatic rings. The molecular weight excluding hydrogens is 414 g/mol. The van der Waals surface area contributed by atoms with Crippen LogP contribution in [-0.2, 0) is 19.6 Å². The second kappa shape index (κ2) is 9.47. The van der Waals surface area contributed by atoms with Crippen LogP contribution in [0.1, 0.15) is 52.4 Å². The van der Waals surface area contributed by atoms with Gasteiger partial charge >= 0.3 is 0 Å². The van der Waals surface area contributed by atoms with Crippen molar-refractivity contribution in [3.05, 3.63) is 58.1 Å². The molecule has 0 aromatic heterocycles. The molecule has 168 valence electrons. The summed E-state index contributed by atoms with van der Waals surface area (Å²) in [5, 5.41) is 20.3. The van der Waals surface area contributed by atoms with Crippen molar-refractivity contribution in [1.29, 1.82) is 0 Å². The minimum atomic E-state index is -0.203. The number of nitrogens with zero attached hydrogens (tertiary/aromatic N) is 3. The summed E-state index contributed by atoms with van der Waals surface area (Å²) in [6, 6.07) is 9.42. The summed E-state index contributed by atoms with van der Waals surface area (Å²) in [6.45, 7) is 10.3. The van der Waals surface area contributed by atoms with Gasteiger partial charge < -0.3 is 20.0 Å². The maximum Gasteiger partial charge on any atom is 0.258 e. The molecule has 7 heteroatoms. The number of amides is 1. The Morgan fingerprint density at radius 2 is 1.65 bits per heavy atom. The smallest absolute Gasteiger partial charge is 0.258 e. The highest BCUT2D eigenvalue weighted by Gasteiger charge is 2.27. The number of aromatic hydroxyl groups is 2. The van der Waals surface area contributed by atoms with E-state index in [0.29, 0.717) is 18.7 Å². The normalized spacial score (nSPS) is 17.0. The Bertz CT molecular complexity index is 955. The highest BCUT2D eigenvalue weighted by Crippen LogP contribution is 2.34. The summed E-state index contributed by atoms with van der Waals surface area (Å²) in [6.07, 6.45) is 0. The van der Waals surface area contributed by atoms with Crippen molar-refractivity contribution in [1.82, 2.24) is 14.7 Å². The summed E-state index contributed by atoms with van der Waals surface area (Å²) >= 11 is 0. The Hall–Kier alpha value is -2.28.